The maximum atomic E-state index is 11.9. The van der Waals surface area contributed by atoms with Crippen LogP contribution in [0.25, 0.3) is 6.08 Å². The maximum absolute atomic E-state index is 11.9. The van der Waals surface area contributed by atoms with Crippen molar-refractivity contribution in [2.75, 3.05) is 6.61 Å². The predicted molar refractivity (Wildman–Crippen MR) is 77.4 cm³/mol. The average molecular weight is 396 g/mol. The molecule has 4 atom stereocenters. The molecule has 0 aromatic carbocycles. The summed E-state index contributed by atoms with van der Waals surface area (Å²) in [6.45, 7) is -0.496. The van der Waals surface area contributed by atoms with Crippen molar-refractivity contribution in [3.63, 3.8) is 0 Å². The van der Waals surface area contributed by atoms with Gasteiger partial charge >= 0.3 is 5.69 Å². The van der Waals surface area contributed by atoms with E-state index in [0.29, 0.717) is 0 Å². The van der Waals surface area contributed by atoms with Gasteiger partial charge in [0.05, 0.1) is 12.3 Å². The molecule has 8 nitrogen and oxygen atoms in total. The van der Waals surface area contributed by atoms with Gasteiger partial charge in [-0.1, -0.05) is 22.6 Å². The number of halogens is 1. The van der Waals surface area contributed by atoms with Crippen LogP contribution in [0, 0.1) is 0 Å². The Labute approximate surface area is 126 Å². The lowest BCUT2D eigenvalue weighted by atomic mass is 10.1. The smallest absolute Gasteiger partial charge is 0.331 e. The molecule has 20 heavy (non-hydrogen) atoms. The molecule has 0 spiro atoms. The lowest BCUT2D eigenvalue weighted by molar-refractivity contribution is -0.0553. The number of nitrogens with zero attached hydrogens (tertiary/aromatic N) is 1. The van der Waals surface area contributed by atoms with Crippen molar-refractivity contribution in [3.05, 3.63) is 36.7 Å². The Bertz CT molecular complexity index is 624. The van der Waals surface area contributed by atoms with Crippen molar-refractivity contribution in [2.45, 2.75) is 24.5 Å². The Hall–Kier alpha value is -1.01. The van der Waals surface area contributed by atoms with E-state index in [9.17, 15) is 19.8 Å². The van der Waals surface area contributed by atoms with Crippen LogP contribution in [0.1, 0.15) is 11.9 Å². The second-order valence-corrected chi connectivity index (χ2v) is 4.97. The summed E-state index contributed by atoms with van der Waals surface area (Å²) in [5.41, 5.74) is -1.12. The number of ether oxygens (including phenoxy) is 1. The van der Waals surface area contributed by atoms with E-state index in [1.807, 2.05) is 22.6 Å². The monoisotopic (exact) mass is 396 g/mol. The maximum Gasteiger partial charge on any atom is 0.331 e. The molecule has 0 unspecified atom stereocenters. The highest BCUT2D eigenvalue weighted by Crippen LogP contribution is 2.29. The Morgan fingerprint density at radius 3 is 2.65 bits per heavy atom. The van der Waals surface area contributed by atoms with E-state index in [0.717, 1.165) is 4.57 Å². The first-order chi connectivity index (χ1) is 9.49. The minimum Gasteiger partial charge on any atom is -0.394 e. The van der Waals surface area contributed by atoms with Crippen LogP contribution in [0.5, 0.6) is 0 Å². The number of aliphatic hydroxyl groups is 3. The molecule has 1 aliphatic heterocycles. The van der Waals surface area contributed by atoms with Gasteiger partial charge in [0.1, 0.15) is 18.3 Å². The number of hydrogen-bond acceptors (Lipinski definition) is 6. The van der Waals surface area contributed by atoms with Crippen molar-refractivity contribution in [2.24, 2.45) is 0 Å². The van der Waals surface area contributed by atoms with Crippen LogP contribution in [0.4, 0.5) is 0 Å². The zero-order chi connectivity index (χ0) is 14.9. The van der Waals surface area contributed by atoms with E-state index in [4.69, 9.17) is 9.84 Å². The molecular weight excluding hydrogens is 383 g/mol. The Balaban J connectivity index is 2.53. The van der Waals surface area contributed by atoms with Crippen LogP contribution < -0.4 is 11.2 Å². The van der Waals surface area contributed by atoms with Crippen LogP contribution in [0.2, 0.25) is 0 Å². The SMILES string of the molecule is O=c1cc(C=CI)n([C@@H]2O[C@H](CO)[C@@H](O)[C@H]2O)c(=O)[nH]1. The molecule has 9 heteroatoms. The third-order valence-corrected chi connectivity index (χ3v) is 3.37. The first-order valence-corrected chi connectivity index (χ1v) is 6.99. The van der Waals surface area contributed by atoms with E-state index in [2.05, 4.69) is 4.98 Å². The number of aromatic nitrogens is 2. The van der Waals surface area contributed by atoms with Crippen LogP contribution in [0.15, 0.2) is 19.7 Å². The van der Waals surface area contributed by atoms with E-state index in [1.165, 1.54) is 12.1 Å². The van der Waals surface area contributed by atoms with Crippen molar-refractivity contribution in [1.29, 1.82) is 0 Å². The topological polar surface area (TPSA) is 125 Å². The second-order valence-electron chi connectivity index (χ2n) is 4.26. The fourth-order valence-corrected chi connectivity index (χ4v) is 2.44. The molecule has 0 radical (unpaired) electrons. The van der Waals surface area contributed by atoms with Gasteiger partial charge < -0.3 is 20.1 Å². The first kappa shape index (κ1) is 15.4. The van der Waals surface area contributed by atoms with E-state index < -0.39 is 42.4 Å². The highest BCUT2D eigenvalue weighted by molar-refractivity contribution is 14.1. The van der Waals surface area contributed by atoms with Gasteiger partial charge in [0.25, 0.3) is 5.56 Å². The van der Waals surface area contributed by atoms with Crippen molar-refractivity contribution >= 4 is 28.7 Å². The fourth-order valence-electron chi connectivity index (χ4n) is 2.07. The quantitative estimate of drug-likeness (QED) is 0.464. The van der Waals surface area contributed by atoms with Gasteiger partial charge in [0.2, 0.25) is 0 Å². The first-order valence-electron chi connectivity index (χ1n) is 5.74. The normalized spacial score (nSPS) is 30.2. The molecule has 2 rings (SSSR count). The largest absolute Gasteiger partial charge is 0.394 e. The van der Waals surface area contributed by atoms with Gasteiger partial charge in [-0.2, -0.15) is 0 Å². The molecule has 1 saturated heterocycles. The number of aliphatic hydroxyl groups excluding tert-OH is 3. The van der Waals surface area contributed by atoms with Gasteiger partial charge in [-0.15, -0.1) is 0 Å². The van der Waals surface area contributed by atoms with Gasteiger partial charge in [0, 0.05) is 6.07 Å². The molecule has 0 bridgehead atoms. The Morgan fingerprint density at radius 2 is 2.10 bits per heavy atom. The van der Waals surface area contributed by atoms with Crippen molar-refractivity contribution < 1.29 is 20.1 Å². The van der Waals surface area contributed by atoms with Crippen molar-refractivity contribution in [1.82, 2.24) is 9.55 Å². The minimum absolute atomic E-state index is 0.225. The lowest BCUT2D eigenvalue weighted by Gasteiger charge is -2.19. The molecule has 4 N–H and O–H groups in total. The van der Waals surface area contributed by atoms with Crippen LogP contribution in [-0.4, -0.2) is 49.8 Å². The molecule has 1 aliphatic rings. The molecular formula is C11H13IN2O6. The summed E-state index contributed by atoms with van der Waals surface area (Å²) in [4.78, 5) is 25.3. The average Bonchev–Trinajstić information content (AvgIpc) is 2.66. The lowest BCUT2D eigenvalue weighted by Crippen LogP contribution is -2.39. The summed E-state index contributed by atoms with van der Waals surface area (Å²) in [6.07, 6.45) is -3.40. The van der Waals surface area contributed by atoms with Gasteiger partial charge in [-0.3, -0.25) is 14.3 Å². The predicted octanol–water partition coefficient (Wildman–Crippen LogP) is -1.45. The molecule has 110 valence electrons. The fraction of sp³-hybridized carbons (Fsp3) is 0.455. The number of aromatic amines is 1. The molecule has 2 heterocycles. The summed E-state index contributed by atoms with van der Waals surface area (Å²) >= 11 is 1.91. The summed E-state index contributed by atoms with van der Waals surface area (Å²) in [5, 5.41) is 28.7. The molecule has 0 amide bonds. The zero-order valence-corrected chi connectivity index (χ0v) is 12.3. The summed E-state index contributed by atoms with van der Waals surface area (Å²) < 4.78 is 7.90. The summed E-state index contributed by atoms with van der Waals surface area (Å²) in [7, 11) is 0. The standard InChI is InChI=1S/C11H13IN2O6/c12-2-1-5-3-7(16)13-11(19)14(5)10-9(18)8(17)6(4-15)20-10/h1-3,6,8-10,15,17-18H,4H2,(H,13,16,19)/t6-,8-,9-,10-/m1/s1. The van der Waals surface area contributed by atoms with E-state index >= 15 is 0 Å². The van der Waals surface area contributed by atoms with Crippen LogP contribution >= 0.6 is 22.6 Å². The number of nitrogens with one attached hydrogen (secondary N) is 1. The highest BCUT2D eigenvalue weighted by Gasteiger charge is 2.44. The van der Waals surface area contributed by atoms with Gasteiger partial charge in [0.15, 0.2) is 6.23 Å². The third-order valence-electron chi connectivity index (χ3n) is 3.01. The summed E-state index contributed by atoms with van der Waals surface area (Å²) in [5.74, 6) is 0. The number of hydrogen-bond donors (Lipinski definition) is 4. The number of rotatable bonds is 3. The molecule has 1 aromatic rings. The van der Waals surface area contributed by atoms with E-state index in [1.54, 1.807) is 4.08 Å². The van der Waals surface area contributed by atoms with Crippen LogP contribution in [-0.2, 0) is 4.74 Å². The summed E-state index contributed by atoms with van der Waals surface area (Å²) in [6, 6.07) is 1.17. The second kappa shape index (κ2) is 6.18. The Morgan fingerprint density at radius 1 is 1.40 bits per heavy atom. The number of H-pyrrole nitrogens is 1. The van der Waals surface area contributed by atoms with Crippen molar-refractivity contribution in [3.8, 4) is 0 Å². The molecule has 1 aromatic heterocycles. The van der Waals surface area contributed by atoms with Gasteiger partial charge in [-0.05, 0) is 10.2 Å². The van der Waals surface area contributed by atoms with Crippen LogP contribution in [0.3, 0.4) is 0 Å². The molecule has 0 saturated carbocycles. The Kier molecular flexibility index (Phi) is 4.75. The minimum atomic E-state index is -1.39. The van der Waals surface area contributed by atoms with E-state index in [-0.39, 0.29) is 5.69 Å². The zero-order valence-electron chi connectivity index (χ0n) is 10.1. The third kappa shape index (κ3) is 2.72. The van der Waals surface area contributed by atoms with Gasteiger partial charge in [-0.25, -0.2) is 4.79 Å². The molecule has 0 aliphatic carbocycles. The highest BCUT2D eigenvalue weighted by atomic mass is 127. The molecule has 1 fully saturated rings.